The number of aliphatic imine (C=N–C) groups is 1. The standard InChI is InChI=1S/C19H31ClN4O/c1-3-25-13-7-10-22-19(21-2)23-15-18(24-11-4-5-12-24)16-8-6-9-17(20)14-16/h6,8-9,14,18H,3-5,7,10-13,15H2,1-2H3,(H2,21,22,23). The molecule has 1 heterocycles. The monoisotopic (exact) mass is 366 g/mol. The Morgan fingerprint density at radius 1 is 1.32 bits per heavy atom. The second kappa shape index (κ2) is 11.3. The molecule has 1 aromatic rings. The molecule has 1 aliphatic heterocycles. The maximum atomic E-state index is 6.21. The minimum absolute atomic E-state index is 0.308. The summed E-state index contributed by atoms with van der Waals surface area (Å²) >= 11 is 6.21. The minimum atomic E-state index is 0.308. The van der Waals surface area contributed by atoms with E-state index in [1.54, 1.807) is 0 Å². The summed E-state index contributed by atoms with van der Waals surface area (Å²) in [7, 11) is 1.81. The van der Waals surface area contributed by atoms with Crippen molar-refractivity contribution in [3.05, 3.63) is 34.9 Å². The molecular weight excluding hydrogens is 336 g/mol. The Morgan fingerprint density at radius 2 is 2.12 bits per heavy atom. The predicted octanol–water partition coefficient (Wildman–Crippen LogP) is 3.07. The van der Waals surface area contributed by atoms with Crippen LogP contribution in [0.4, 0.5) is 0 Å². The Balaban J connectivity index is 1.90. The maximum Gasteiger partial charge on any atom is 0.191 e. The maximum absolute atomic E-state index is 6.21. The molecule has 2 rings (SSSR count). The fraction of sp³-hybridized carbons (Fsp3) is 0.632. The highest BCUT2D eigenvalue weighted by molar-refractivity contribution is 6.30. The summed E-state index contributed by atoms with van der Waals surface area (Å²) in [5.41, 5.74) is 1.26. The van der Waals surface area contributed by atoms with Gasteiger partial charge in [0, 0.05) is 38.4 Å². The molecule has 1 aromatic carbocycles. The smallest absolute Gasteiger partial charge is 0.191 e. The highest BCUT2D eigenvalue weighted by Crippen LogP contribution is 2.26. The SMILES string of the molecule is CCOCCCNC(=NC)NCC(c1cccc(Cl)c1)N1CCCC1. The minimum Gasteiger partial charge on any atom is -0.382 e. The van der Waals surface area contributed by atoms with Gasteiger partial charge in [0.1, 0.15) is 0 Å². The zero-order valence-corrected chi connectivity index (χ0v) is 16.2. The summed E-state index contributed by atoms with van der Waals surface area (Å²) < 4.78 is 5.36. The summed E-state index contributed by atoms with van der Waals surface area (Å²) in [5.74, 6) is 0.836. The molecule has 5 nitrogen and oxygen atoms in total. The van der Waals surface area contributed by atoms with E-state index >= 15 is 0 Å². The Labute approximate surface area is 156 Å². The van der Waals surface area contributed by atoms with E-state index in [9.17, 15) is 0 Å². The largest absolute Gasteiger partial charge is 0.382 e. The van der Waals surface area contributed by atoms with Crippen molar-refractivity contribution >= 4 is 17.6 Å². The lowest BCUT2D eigenvalue weighted by molar-refractivity contribution is 0.145. The van der Waals surface area contributed by atoms with Crippen LogP contribution in [-0.2, 0) is 4.74 Å². The molecule has 1 aliphatic rings. The van der Waals surface area contributed by atoms with Crippen molar-refractivity contribution in [2.75, 3.05) is 46.4 Å². The molecule has 0 saturated carbocycles. The second-order valence-electron chi connectivity index (χ2n) is 6.24. The lowest BCUT2D eigenvalue weighted by Gasteiger charge is -2.29. The molecule has 2 N–H and O–H groups in total. The number of hydrogen-bond acceptors (Lipinski definition) is 3. The number of benzene rings is 1. The molecule has 0 bridgehead atoms. The highest BCUT2D eigenvalue weighted by atomic mass is 35.5. The molecule has 1 fully saturated rings. The Hall–Kier alpha value is -1.30. The van der Waals surface area contributed by atoms with Crippen LogP contribution < -0.4 is 10.6 Å². The third kappa shape index (κ3) is 6.84. The van der Waals surface area contributed by atoms with Crippen molar-refractivity contribution in [1.82, 2.24) is 15.5 Å². The number of nitrogens with zero attached hydrogens (tertiary/aromatic N) is 2. The van der Waals surface area contributed by atoms with Crippen molar-refractivity contribution in [3.8, 4) is 0 Å². The Kier molecular flexibility index (Phi) is 9.08. The van der Waals surface area contributed by atoms with E-state index in [0.717, 1.165) is 56.8 Å². The molecule has 0 aliphatic carbocycles. The van der Waals surface area contributed by atoms with Gasteiger partial charge in [-0.3, -0.25) is 9.89 Å². The van der Waals surface area contributed by atoms with Crippen molar-refractivity contribution in [2.45, 2.75) is 32.2 Å². The molecule has 25 heavy (non-hydrogen) atoms. The number of halogens is 1. The van der Waals surface area contributed by atoms with Crippen LogP contribution in [0.5, 0.6) is 0 Å². The van der Waals surface area contributed by atoms with E-state index in [1.807, 2.05) is 26.1 Å². The van der Waals surface area contributed by atoms with Crippen LogP contribution in [0.15, 0.2) is 29.3 Å². The van der Waals surface area contributed by atoms with E-state index in [2.05, 4.69) is 32.7 Å². The van der Waals surface area contributed by atoms with Gasteiger partial charge < -0.3 is 15.4 Å². The molecule has 0 spiro atoms. The van der Waals surface area contributed by atoms with Gasteiger partial charge in [-0.2, -0.15) is 0 Å². The van der Waals surface area contributed by atoms with Crippen molar-refractivity contribution in [3.63, 3.8) is 0 Å². The van der Waals surface area contributed by atoms with Crippen molar-refractivity contribution < 1.29 is 4.74 Å². The highest BCUT2D eigenvalue weighted by Gasteiger charge is 2.23. The van der Waals surface area contributed by atoms with Crippen LogP contribution in [0.3, 0.4) is 0 Å². The number of guanidine groups is 1. The number of likely N-dealkylation sites (tertiary alicyclic amines) is 1. The van der Waals surface area contributed by atoms with Gasteiger partial charge in [0.15, 0.2) is 5.96 Å². The lowest BCUT2D eigenvalue weighted by atomic mass is 10.1. The van der Waals surface area contributed by atoms with E-state index in [0.29, 0.717) is 6.04 Å². The number of ether oxygens (including phenoxy) is 1. The summed E-state index contributed by atoms with van der Waals surface area (Å²) in [6, 6.07) is 8.50. The van der Waals surface area contributed by atoms with E-state index in [-0.39, 0.29) is 0 Å². The molecular formula is C19H31ClN4O. The summed E-state index contributed by atoms with van der Waals surface area (Å²) in [6.45, 7) is 7.50. The van der Waals surface area contributed by atoms with Gasteiger partial charge in [-0.05, 0) is 57.0 Å². The zero-order chi connectivity index (χ0) is 17.9. The first-order chi connectivity index (χ1) is 12.2. The molecule has 1 atom stereocenters. The van der Waals surface area contributed by atoms with Gasteiger partial charge in [0.2, 0.25) is 0 Å². The van der Waals surface area contributed by atoms with Crippen LogP contribution in [0, 0.1) is 0 Å². The average Bonchev–Trinajstić information content (AvgIpc) is 3.14. The van der Waals surface area contributed by atoms with Crippen LogP contribution in [0.2, 0.25) is 5.02 Å². The van der Waals surface area contributed by atoms with E-state index in [1.165, 1.54) is 18.4 Å². The lowest BCUT2D eigenvalue weighted by Crippen LogP contribution is -2.43. The molecule has 140 valence electrons. The van der Waals surface area contributed by atoms with Crippen molar-refractivity contribution in [2.24, 2.45) is 4.99 Å². The Morgan fingerprint density at radius 3 is 2.80 bits per heavy atom. The Bertz CT molecular complexity index is 532. The van der Waals surface area contributed by atoms with Crippen LogP contribution >= 0.6 is 11.6 Å². The number of hydrogen-bond donors (Lipinski definition) is 2. The van der Waals surface area contributed by atoms with Gasteiger partial charge in [0.05, 0.1) is 6.04 Å². The molecule has 0 aromatic heterocycles. The first-order valence-electron chi connectivity index (χ1n) is 9.26. The molecule has 1 unspecified atom stereocenters. The number of rotatable bonds is 9. The summed E-state index contributed by atoms with van der Waals surface area (Å²) in [4.78, 5) is 6.85. The topological polar surface area (TPSA) is 48.9 Å². The zero-order valence-electron chi connectivity index (χ0n) is 15.4. The van der Waals surface area contributed by atoms with Crippen LogP contribution in [0.25, 0.3) is 0 Å². The average molecular weight is 367 g/mol. The predicted molar refractivity (Wildman–Crippen MR) is 105 cm³/mol. The third-order valence-electron chi connectivity index (χ3n) is 4.46. The molecule has 0 amide bonds. The number of nitrogens with one attached hydrogen (secondary N) is 2. The quantitative estimate of drug-likeness (QED) is 0.400. The van der Waals surface area contributed by atoms with Gasteiger partial charge in [-0.1, -0.05) is 23.7 Å². The third-order valence-corrected chi connectivity index (χ3v) is 4.70. The van der Waals surface area contributed by atoms with E-state index in [4.69, 9.17) is 16.3 Å². The fourth-order valence-corrected chi connectivity index (χ4v) is 3.36. The normalized spacial score (nSPS) is 16.8. The van der Waals surface area contributed by atoms with Gasteiger partial charge >= 0.3 is 0 Å². The molecule has 1 saturated heterocycles. The van der Waals surface area contributed by atoms with Crippen LogP contribution in [-0.4, -0.2) is 57.3 Å². The van der Waals surface area contributed by atoms with Crippen LogP contribution in [0.1, 0.15) is 37.8 Å². The summed E-state index contributed by atoms with van der Waals surface area (Å²) in [6.07, 6.45) is 3.50. The van der Waals surface area contributed by atoms with E-state index < -0.39 is 0 Å². The van der Waals surface area contributed by atoms with Gasteiger partial charge in [0.25, 0.3) is 0 Å². The molecule has 6 heteroatoms. The molecule has 0 radical (unpaired) electrons. The fourth-order valence-electron chi connectivity index (χ4n) is 3.16. The second-order valence-corrected chi connectivity index (χ2v) is 6.68. The summed E-state index contributed by atoms with van der Waals surface area (Å²) in [5, 5.41) is 7.61. The first kappa shape index (κ1) is 20.0. The van der Waals surface area contributed by atoms with Gasteiger partial charge in [-0.15, -0.1) is 0 Å². The van der Waals surface area contributed by atoms with Crippen molar-refractivity contribution in [1.29, 1.82) is 0 Å². The first-order valence-corrected chi connectivity index (χ1v) is 9.64. The van der Waals surface area contributed by atoms with Gasteiger partial charge in [-0.25, -0.2) is 0 Å².